The highest BCUT2D eigenvalue weighted by Crippen LogP contribution is 2.39. The van der Waals surface area contributed by atoms with E-state index in [1.807, 2.05) is 24.0 Å². The summed E-state index contributed by atoms with van der Waals surface area (Å²) in [6.45, 7) is 3.80. The molecule has 3 heterocycles. The molecule has 5 rings (SSSR count). The van der Waals surface area contributed by atoms with Gasteiger partial charge in [-0.2, -0.15) is 0 Å². The van der Waals surface area contributed by atoms with E-state index < -0.39 is 0 Å². The quantitative estimate of drug-likeness (QED) is 0.812. The Morgan fingerprint density at radius 1 is 1.29 bits per heavy atom. The SMILES string of the molecule is COc1cc(C=C2CCCN3C2=NOC[C@@H]3C2CC2)ccc1-n1cnc(C)c1. The number of amidine groups is 1. The first kappa shape index (κ1) is 17.3. The average Bonchev–Trinajstić information content (AvgIpc) is 3.48. The van der Waals surface area contributed by atoms with E-state index >= 15 is 0 Å². The number of nitrogens with zero attached hydrogens (tertiary/aromatic N) is 4. The summed E-state index contributed by atoms with van der Waals surface area (Å²) in [5, 5.41) is 4.43. The van der Waals surface area contributed by atoms with Crippen molar-refractivity contribution in [2.45, 2.75) is 38.6 Å². The van der Waals surface area contributed by atoms with E-state index in [0.717, 1.165) is 60.4 Å². The Balaban J connectivity index is 1.46. The van der Waals surface area contributed by atoms with E-state index in [1.54, 1.807) is 7.11 Å². The molecule has 6 heteroatoms. The van der Waals surface area contributed by atoms with Crippen LogP contribution in [0.3, 0.4) is 0 Å². The highest BCUT2D eigenvalue weighted by atomic mass is 16.6. The van der Waals surface area contributed by atoms with Gasteiger partial charge < -0.3 is 19.0 Å². The van der Waals surface area contributed by atoms with Crippen molar-refractivity contribution in [1.29, 1.82) is 0 Å². The van der Waals surface area contributed by atoms with Crippen LogP contribution in [0.5, 0.6) is 5.75 Å². The first-order valence-electron chi connectivity index (χ1n) is 10.1. The molecule has 1 aliphatic carbocycles. The van der Waals surface area contributed by atoms with Gasteiger partial charge in [-0.3, -0.25) is 0 Å². The standard InChI is InChI=1S/C22H26N4O2/c1-15-12-25(14-23-15)19-8-5-16(11-21(19)27-2)10-18-4-3-9-26-20(17-6-7-17)13-28-24-22(18)26/h5,8,10-12,14,17,20H,3-4,6-7,9,13H2,1-2H3/t20-/m1/s1. The number of aryl methyl sites for hydroxylation is 1. The van der Waals surface area contributed by atoms with E-state index in [0.29, 0.717) is 6.04 Å². The molecule has 2 fully saturated rings. The maximum absolute atomic E-state index is 5.66. The summed E-state index contributed by atoms with van der Waals surface area (Å²) in [6, 6.07) is 6.79. The Labute approximate surface area is 165 Å². The van der Waals surface area contributed by atoms with Gasteiger partial charge in [0.05, 0.1) is 30.9 Å². The molecule has 1 aromatic carbocycles. The number of methoxy groups -OCH3 is 1. The molecule has 28 heavy (non-hydrogen) atoms. The van der Waals surface area contributed by atoms with Crippen LogP contribution in [0, 0.1) is 12.8 Å². The maximum atomic E-state index is 5.66. The summed E-state index contributed by atoms with van der Waals surface area (Å²) < 4.78 is 7.65. The van der Waals surface area contributed by atoms with Gasteiger partial charge in [-0.05, 0) is 67.9 Å². The number of aromatic nitrogens is 2. The molecule has 1 aromatic heterocycles. The number of piperidine rings is 1. The normalized spacial score (nSPS) is 23.2. The summed E-state index contributed by atoms with van der Waals surface area (Å²) in [6.07, 6.45) is 10.9. The van der Waals surface area contributed by atoms with Crippen molar-refractivity contribution in [2.75, 3.05) is 20.3 Å². The fourth-order valence-electron chi connectivity index (χ4n) is 4.30. The van der Waals surface area contributed by atoms with Crippen LogP contribution in [-0.2, 0) is 4.84 Å². The Bertz CT molecular complexity index is 942. The van der Waals surface area contributed by atoms with Crippen molar-refractivity contribution < 1.29 is 9.57 Å². The van der Waals surface area contributed by atoms with E-state index in [1.165, 1.54) is 18.4 Å². The van der Waals surface area contributed by atoms with Crippen molar-refractivity contribution >= 4 is 11.9 Å². The monoisotopic (exact) mass is 378 g/mol. The third kappa shape index (κ3) is 3.17. The zero-order valence-corrected chi connectivity index (χ0v) is 16.5. The number of oxime groups is 1. The van der Waals surface area contributed by atoms with Gasteiger partial charge in [0.2, 0.25) is 0 Å². The highest BCUT2D eigenvalue weighted by Gasteiger charge is 2.41. The number of hydrogen-bond donors (Lipinski definition) is 0. The van der Waals surface area contributed by atoms with Gasteiger partial charge in [0.1, 0.15) is 12.4 Å². The lowest BCUT2D eigenvalue weighted by Gasteiger charge is -2.40. The second kappa shape index (κ2) is 7.00. The fraction of sp³-hybridized carbons (Fsp3) is 0.455. The summed E-state index contributed by atoms with van der Waals surface area (Å²) in [5.74, 6) is 2.64. The molecule has 0 amide bonds. The number of fused-ring (bicyclic) bond motifs is 1. The lowest BCUT2D eigenvalue weighted by atomic mass is 9.97. The van der Waals surface area contributed by atoms with Crippen molar-refractivity contribution in [1.82, 2.24) is 14.5 Å². The lowest BCUT2D eigenvalue weighted by Crippen LogP contribution is -2.50. The predicted octanol–water partition coefficient (Wildman–Crippen LogP) is 3.79. The molecular weight excluding hydrogens is 352 g/mol. The average molecular weight is 378 g/mol. The van der Waals surface area contributed by atoms with Crippen LogP contribution < -0.4 is 4.74 Å². The lowest BCUT2D eigenvalue weighted by molar-refractivity contribution is 0.0492. The number of rotatable bonds is 4. The molecule has 1 saturated heterocycles. The van der Waals surface area contributed by atoms with Gasteiger partial charge in [-0.25, -0.2) is 4.98 Å². The van der Waals surface area contributed by atoms with Crippen LogP contribution in [0.2, 0.25) is 0 Å². The van der Waals surface area contributed by atoms with Crippen LogP contribution in [0.4, 0.5) is 0 Å². The molecule has 0 spiro atoms. The maximum Gasteiger partial charge on any atom is 0.171 e. The fourth-order valence-corrected chi connectivity index (χ4v) is 4.30. The Kier molecular flexibility index (Phi) is 4.34. The molecule has 1 atom stereocenters. The van der Waals surface area contributed by atoms with Gasteiger partial charge in [0, 0.05) is 12.7 Å². The molecular formula is C22H26N4O2. The molecule has 3 aliphatic rings. The first-order valence-corrected chi connectivity index (χ1v) is 10.1. The Morgan fingerprint density at radius 3 is 2.93 bits per heavy atom. The topological polar surface area (TPSA) is 51.9 Å². The van der Waals surface area contributed by atoms with Crippen molar-refractivity contribution in [3.63, 3.8) is 0 Å². The molecule has 0 N–H and O–H groups in total. The largest absolute Gasteiger partial charge is 0.495 e. The minimum absolute atomic E-state index is 0.498. The molecule has 2 aromatic rings. The van der Waals surface area contributed by atoms with E-state index in [4.69, 9.17) is 9.57 Å². The minimum Gasteiger partial charge on any atom is -0.495 e. The number of benzene rings is 1. The second-order valence-corrected chi connectivity index (χ2v) is 7.94. The summed E-state index contributed by atoms with van der Waals surface area (Å²) in [5.41, 5.74) is 4.34. The van der Waals surface area contributed by atoms with Gasteiger partial charge in [-0.1, -0.05) is 11.2 Å². The molecule has 0 radical (unpaired) electrons. The zero-order valence-electron chi connectivity index (χ0n) is 16.5. The van der Waals surface area contributed by atoms with Gasteiger partial charge in [0.25, 0.3) is 0 Å². The van der Waals surface area contributed by atoms with Gasteiger partial charge in [0.15, 0.2) is 5.84 Å². The van der Waals surface area contributed by atoms with E-state index in [2.05, 4.69) is 39.3 Å². The molecule has 0 bridgehead atoms. The van der Waals surface area contributed by atoms with Crippen LogP contribution in [-0.4, -0.2) is 46.6 Å². The van der Waals surface area contributed by atoms with Gasteiger partial charge in [-0.15, -0.1) is 0 Å². The van der Waals surface area contributed by atoms with Crippen molar-refractivity contribution in [3.05, 3.63) is 47.6 Å². The number of hydrogen-bond acceptors (Lipinski definition) is 5. The third-order valence-electron chi connectivity index (χ3n) is 5.90. The van der Waals surface area contributed by atoms with Crippen LogP contribution in [0.15, 0.2) is 41.5 Å². The van der Waals surface area contributed by atoms with Crippen molar-refractivity contribution in [3.8, 4) is 11.4 Å². The third-order valence-corrected chi connectivity index (χ3v) is 5.90. The molecule has 146 valence electrons. The summed E-state index contributed by atoms with van der Waals surface area (Å²) in [4.78, 5) is 12.4. The smallest absolute Gasteiger partial charge is 0.171 e. The first-order chi connectivity index (χ1) is 13.7. The Hall–Kier alpha value is -2.76. The van der Waals surface area contributed by atoms with Crippen LogP contribution in [0.1, 0.15) is 36.9 Å². The highest BCUT2D eigenvalue weighted by molar-refractivity contribution is 6.02. The number of ether oxygens (including phenoxy) is 1. The second-order valence-electron chi connectivity index (χ2n) is 7.94. The number of imidazole rings is 1. The molecule has 6 nitrogen and oxygen atoms in total. The van der Waals surface area contributed by atoms with Crippen LogP contribution >= 0.6 is 0 Å². The van der Waals surface area contributed by atoms with Gasteiger partial charge >= 0.3 is 0 Å². The summed E-state index contributed by atoms with van der Waals surface area (Å²) in [7, 11) is 1.71. The molecule has 2 aliphatic heterocycles. The van der Waals surface area contributed by atoms with Crippen LogP contribution in [0.25, 0.3) is 11.8 Å². The predicted molar refractivity (Wildman–Crippen MR) is 109 cm³/mol. The Morgan fingerprint density at radius 2 is 2.18 bits per heavy atom. The molecule has 0 unspecified atom stereocenters. The zero-order chi connectivity index (χ0) is 19.1. The van der Waals surface area contributed by atoms with E-state index in [-0.39, 0.29) is 0 Å². The van der Waals surface area contributed by atoms with E-state index in [9.17, 15) is 0 Å². The summed E-state index contributed by atoms with van der Waals surface area (Å²) >= 11 is 0. The van der Waals surface area contributed by atoms with Crippen molar-refractivity contribution in [2.24, 2.45) is 11.1 Å². The minimum atomic E-state index is 0.498. The molecule has 1 saturated carbocycles.